The van der Waals surface area contributed by atoms with Gasteiger partial charge in [-0.25, -0.2) is 0 Å². The SMILES string of the molecule is CC/C=C\C/C=C\C/C=C\C/C=C\C/C=C\C/C=C\CCCCCCCCCCCCC(=O)OCC(COC(=O)CCCCCCCCCCCCC)OC(=O)CCCCCCC/C=C\C/C=C\C/C=C\C/C=C\C/C=C\CC. The molecule has 0 heterocycles. The van der Waals surface area contributed by atoms with Crippen LogP contribution in [0.3, 0.4) is 0 Å². The maximum atomic E-state index is 12.9. The fourth-order valence-electron chi connectivity index (χ4n) is 8.83. The molecule has 0 aromatic heterocycles. The molecule has 448 valence electrons. The second-order valence-electron chi connectivity index (χ2n) is 21.3. The van der Waals surface area contributed by atoms with E-state index < -0.39 is 6.10 Å². The molecule has 0 amide bonds. The van der Waals surface area contributed by atoms with Gasteiger partial charge in [0.05, 0.1) is 0 Å². The predicted octanol–water partition coefficient (Wildman–Crippen LogP) is 22.5. The number of carbonyl (C=O) groups excluding carboxylic acids is 3. The molecule has 0 aromatic carbocycles. The highest BCUT2D eigenvalue weighted by atomic mass is 16.6. The maximum absolute atomic E-state index is 12.9. The zero-order valence-corrected chi connectivity index (χ0v) is 51.3. The van der Waals surface area contributed by atoms with E-state index in [4.69, 9.17) is 14.2 Å². The Balaban J connectivity index is 4.31. The molecule has 0 spiro atoms. The van der Waals surface area contributed by atoms with Crippen molar-refractivity contribution < 1.29 is 28.6 Å². The van der Waals surface area contributed by atoms with Crippen molar-refractivity contribution in [3.8, 4) is 0 Å². The Labute approximate surface area is 487 Å². The number of carbonyl (C=O) groups is 3. The van der Waals surface area contributed by atoms with Crippen LogP contribution in [0.25, 0.3) is 0 Å². The molecule has 6 nitrogen and oxygen atoms in total. The first-order valence-corrected chi connectivity index (χ1v) is 32.7. The van der Waals surface area contributed by atoms with Gasteiger partial charge < -0.3 is 14.2 Å². The topological polar surface area (TPSA) is 78.9 Å². The minimum atomic E-state index is -0.794. The van der Waals surface area contributed by atoms with Crippen molar-refractivity contribution in [2.24, 2.45) is 0 Å². The highest BCUT2D eigenvalue weighted by Gasteiger charge is 2.19. The second-order valence-corrected chi connectivity index (χ2v) is 21.3. The molecule has 0 fully saturated rings. The van der Waals surface area contributed by atoms with Crippen LogP contribution in [-0.4, -0.2) is 37.2 Å². The average Bonchev–Trinajstić information content (AvgIpc) is 3.45. The Kier molecular flexibility index (Phi) is 62.3. The monoisotopic (exact) mass is 1090 g/mol. The van der Waals surface area contributed by atoms with Crippen LogP contribution >= 0.6 is 0 Å². The lowest BCUT2D eigenvalue weighted by Crippen LogP contribution is -2.30. The van der Waals surface area contributed by atoms with E-state index in [0.717, 1.165) is 148 Å². The number of unbranched alkanes of at least 4 members (excludes halogenated alkanes) is 25. The molecular formula is C73H120O6. The molecule has 0 bridgehead atoms. The summed E-state index contributed by atoms with van der Waals surface area (Å²) < 4.78 is 16.9. The van der Waals surface area contributed by atoms with Gasteiger partial charge in [0.25, 0.3) is 0 Å². The van der Waals surface area contributed by atoms with Gasteiger partial charge in [-0.1, -0.05) is 289 Å². The quantitative estimate of drug-likeness (QED) is 0.0261. The summed E-state index contributed by atoms with van der Waals surface area (Å²) in [6.07, 6.45) is 93.1. The molecule has 0 aliphatic carbocycles. The summed E-state index contributed by atoms with van der Waals surface area (Å²) in [4.78, 5) is 38.3. The van der Waals surface area contributed by atoms with Gasteiger partial charge in [0.2, 0.25) is 0 Å². The number of ether oxygens (including phenoxy) is 3. The minimum Gasteiger partial charge on any atom is -0.462 e. The lowest BCUT2D eigenvalue weighted by Gasteiger charge is -2.18. The number of allylic oxidation sites excluding steroid dienone is 22. The summed E-state index contributed by atoms with van der Waals surface area (Å²) in [6.45, 7) is 6.40. The lowest BCUT2D eigenvalue weighted by atomic mass is 10.1. The summed E-state index contributed by atoms with van der Waals surface area (Å²) >= 11 is 0. The third kappa shape index (κ3) is 64.3. The van der Waals surface area contributed by atoms with Crippen molar-refractivity contribution in [2.45, 2.75) is 297 Å². The fraction of sp³-hybridized carbons (Fsp3) is 0.658. The molecule has 0 aliphatic heterocycles. The fourth-order valence-corrected chi connectivity index (χ4v) is 8.83. The Bertz CT molecular complexity index is 1680. The van der Waals surface area contributed by atoms with Gasteiger partial charge in [0.15, 0.2) is 6.10 Å². The lowest BCUT2D eigenvalue weighted by molar-refractivity contribution is -0.167. The van der Waals surface area contributed by atoms with Crippen LogP contribution in [0, 0.1) is 0 Å². The van der Waals surface area contributed by atoms with Crippen molar-refractivity contribution in [2.75, 3.05) is 13.2 Å². The molecule has 0 N–H and O–H groups in total. The van der Waals surface area contributed by atoms with Crippen LogP contribution in [0.1, 0.15) is 290 Å². The van der Waals surface area contributed by atoms with Crippen molar-refractivity contribution >= 4 is 17.9 Å². The Morgan fingerprint density at radius 1 is 0.266 bits per heavy atom. The van der Waals surface area contributed by atoms with Crippen LogP contribution in [0.15, 0.2) is 134 Å². The van der Waals surface area contributed by atoms with Gasteiger partial charge in [-0.15, -0.1) is 0 Å². The summed E-state index contributed by atoms with van der Waals surface area (Å²) in [7, 11) is 0. The summed E-state index contributed by atoms with van der Waals surface area (Å²) in [5.41, 5.74) is 0. The second kappa shape index (κ2) is 66.1. The van der Waals surface area contributed by atoms with Gasteiger partial charge in [0.1, 0.15) is 13.2 Å². The van der Waals surface area contributed by atoms with Gasteiger partial charge in [-0.3, -0.25) is 14.4 Å². The summed E-state index contributed by atoms with van der Waals surface area (Å²) in [5, 5.41) is 0. The average molecular weight is 1090 g/mol. The van der Waals surface area contributed by atoms with E-state index in [9.17, 15) is 14.4 Å². The van der Waals surface area contributed by atoms with Gasteiger partial charge in [0, 0.05) is 19.3 Å². The molecule has 0 rings (SSSR count). The molecule has 0 radical (unpaired) electrons. The third-order valence-corrected chi connectivity index (χ3v) is 13.7. The number of hydrogen-bond donors (Lipinski definition) is 0. The molecule has 0 aliphatic rings. The number of rotatable bonds is 58. The highest BCUT2D eigenvalue weighted by molar-refractivity contribution is 5.71. The molecule has 1 unspecified atom stereocenters. The Hall–Kier alpha value is -4.45. The Morgan fingerprint density at radius 2 is 0.494 bits per heavy atom. The van der Waals surface area contributed by atoms with E-state index in [2.05, 4.69) is 154 Å². The van der Waals surface area contributed by atoms with E-state index in [1.807, 2.05) is 0 Å². The van der Waals surface area contributed by atoms with Gasteiger partial charge >= 0.3 is 17.9 Å². The van der Waals surface area contributed by atoms with E-state index in [-0.39, 0.29) is 31.1 Å². The van der Waals surface area contributed by atoms with E-state index in [1.165, 1.54) is 103 Å². The van der Waals surface area contributed by atoms with Crippen LogP contribution in [0.4, 0.5) is 0 Å². The zero-order chi connectivity index (χ0) is 57.1. The summed E-state index contributed by atoms with van der Waals surface area (Å²) in [6, 6.07) is 0. The van der Waals surface area contributed by atoms with Crippen molar-refractivity contribution in [1.29, 1.82) is 0 Å². The Morgan fingerprint density at radius 3 is 0.772 bits per heavy atom. The van der Waals surface area contributed by atoms with Crippen molar-refractivity contribution in [3.63, 3.8) is 0 Å². The van der Waals surface area contributed by atoms with Gasteiger partial charge in [-0.2, -0.15) is 0 Å². The molecule has 0 saturated heterocycles. The van der Waals surface area contributed by atoms with E-state index in [1.54, 1.807) is 0 Å². The van der Waals surface area contributed by atoms with Crippen molar-refractivity contribution in [3.05, 3.63) is 134 Å². The van der Waals surface area contributed by atoms with E-state index in [0.29, 0.717) is 19.3 Å². The van der Waals surface area contributed by atoms with Gasteiger partial charge in [-0.05, 0) is 116 Å². The number of esters is 3. The number of hydrogen-bond acceptors (Lipinski definition) is 6. The van der Waals surface area contributed by atoms with Crippen LogP contribution in [0.2, 0.25) is 0 Å². The first-order chi connectivity index (χ1) is 39.0. The first kappa shape index (κ1) is 74.5. The minimum absolute atomic E-state index is 0.0881. The summed E-state index contributed by atoms with van der Waals surface area (Å²) in [5.74, 6) is -0.908. The molecule has 0 saturated carbocycles. The van der Waals surface area contributed by atoms with Crippen molar-refractivity contribution in [1.82, 2.24) is 0 Å². The molecule has 0 aromatic rings. The smallest absolute Gasteiger partial charge is 0.306 e. The van der Waals surface area contributed by atoms with Crippen LogP contribution < -0.4 is 0 Å². The standard InChI is InChI=1S/C73H120O6/c1-4-7-10-13-16-19-22-24-26-28-30-32-33-34-35-36-37-38-39-41-42-44-46-48-51-54-57-60-63-66-72(75)78-69-70(68-77-71(74)65-62-59-56-53-50-21-18-15-12-9-6-3)79-73(76)67-64-61-58-55-52-49-47-45-43-40-31-29-27-25-23-20-17-14-11-8-5-2/h7-8,10-11,16-17,19-20,24-27,30-32,34-35,37-38,40,45,47,70H,4-6,9,12-15,18,21-23,28-29,33,36,39,41-44,46,48-69H2,1-3H3/b10-7-,11-8-,19-16-,20-17-,26-24-,27-25-,32-30-,35-34-,38-37-,40-31-,47-45-. The predicted molar refractivity (Wildman–Crippen MR) is 343 cm³/mol. The van der Waals surface area contributed by atoms with E-state index >= 15 is 0 Å². The third-order valence-electron chi connectivity index (χ3n) is 13.7. The maximum Gasteiger partial charge on any atom is 0.306 e. The highest BCUT2D eigenvalue weighted by Crippen LogP contribution is 2.16. The molecule has 1 atom stereocenters. The molecular weight excluding hydrogens is 973 g/mol. The van der Waals surface area contributed by atoms with Crippen LogP contribution in [0.5, 0.6) is 0 Å². The van der Waals surface area contributed by atoms with Crippen LogP contribution in [-0.2, 0) is 28.6 Å². The molecule has 6 heteroatoms. The zero-order valence-electron chi connectivity index (χ0n) is 51.3. The normalized spacial score (nSPS) is 13.0. The first-order valence-electron chi connectivity index (χ1n) is 32.7. The molecule has 79 heavy (non-hydrogen) atoms. The largest absolute Gasteiger partial charge is 0.462 e.